The molecule has 0 aliphatic carbocycles. The Morgan fingerprint density at radius 2 is 2.14 bits per heavy atom. The first-order chi connectivity index (χ1) is 9.82. The lowest BCUT2D eigenvalue weighted by Crippen LogP contribution is -2.24. The first kappa shape index (κ1) is 16.1. The zero-order valence-corrected chi connectivity index (χ0v) is 13.7. The van der Waals surface area contributed by atoms with Crippen LogP contribution in [0.2, 0.25) is 0 Å². The first-order valence-corrected chi connectivity index (χ1v) is 8.50. The van der Waals surface area contributed by atoms with Gasteiger partial charge in [0.05, 0.1) is 11.4 Å². The van der Waals surface area contributed by atoms with Gasteiger partial charge < -0.3 is 16.0 Å². The smallest absolute Gasteiger partial charge is 0.244 e. The van der Waals surface area contributed by atoms with Crippen LogP contribution in [0.1, 0.15) is 6.42 Å². The number of nitrogens with zero attached hydrogens (tertiary/aromatic N) is 2. The van der Waals surface area contributed by atoms with Crippen LogP contribution in [0.15, 0.2) is 23.1 Å². The molecule has 0 spiro atoms. The maximum atomic E-state index is 12.2. The van der Waals surface area contributed by atoms with E-state index in [4.69, 9.17) is 5.73 Å². The molecule has 3 N–H and O–H groups in total. The molecule has 1 fully saturated rings. The fourth-order valence-electron chi connectivity index (χ4n) is 2.57. The van der Waals surface area contributed by atoms with Crippen molar-refractivity contribution >= 4 is 21.4 Å². The van der Waals surface area contributed by atoms with E-state index < -0.39 is 10.0 Å². The number of nitrogens with two attached hydrogens (primary N) is 1. The van der Waals surface area contributed by atoms with Gasteiger partial charge in [-0.2, -0.15) is 0 Å². The van der Waals surface area contributed by atoms with Crippen LogP contribution in [0.25, 0.3) is 0 Å². The Morgan fingerprint density at radius 3 is 2.71 bits per heavy atom. The number of nitrogens with one attached hydrogen (secondary N) is 1. The van der Waals surface area contributed by atoms with Gasteiger partial charge in [-0.15, -0.1) is 0 Å². The molecule has 21 heavy (non-hydrogen) atoms. The van der Waals surface area contributed by atoms with E-state index in [0.717, 1.165) is 26.1 Å². The normalized spacial score (nSPS) is 20.1. The van der Waals surface area contributed by atoms with Crippen molar-refractivity contribution in [2.75, 3.05) is 51.8 Å². The topological polar surface area (TPSA) is 78.7 Å². The lowest BCUT2D eigenvalue weighted by atomic mass is 10.1. The standard InChI is InChI=1S/C14H24N4O2S/c1-17(2)21(19,20)13-6-4-5-12(14(13)15)16-9-11-7-8-18(3)10-11/h4-6,11,16H,7-10,15H2,1-3H3. The predicted molar refractivity (Wildman–Crippen MR) is 85.8 cm³/mol. The fourth-order valence-corrected chi connectivity index (χ4v) is 3.60. The number of nitrogen functional groups attached to an aromatic ring is 1. The van der Waals surface area contributed by atoms with Crippen LogP contribution in [-0.2, 0) is 10.0 Å². The highest BCUT2D eigenvalue weighted by molar-refractivity contribution is 7.89. The number of hydrogen-bond donors (Lipinski definition) is 2. The van der Waals surface area contributed by atoms with Crippen LogP contribution in [-0.4, -0.2) is 58.4 Å². The van der Waals surface area contributed by atoms with Crippen molar-refractivity contribution in [3.8, 4) is 0 Å². The van der Waals surface area contributed by atoms with Crippen molar-refractivity contribution in [3.63, 3.8) is 0 Å². The molecule has 7 heteroatoms. The van der Waals surface area contributed by atoms with Crippen LogP contribution >= 0.6 is 0 Å². The largest absolute Gasteiger partial charge is 0.396 e. The van der Waals surface area contributed by atoms with E-state index in [-0.39, 0.29) is 10.6 Å². The number of rotatable bonds is 5. The van der Waals surface area contributed by atoms with E-state index in [1.807, 2.05) is 6.07 Å². The molecule has 0 saturated carbocycles. The summed E-state index contributed by atoms with van der Waals surface area (Å²) >= 11 is 0. The second-order valence-electron chi connectivity index (χ2n) is 5.80. The minimum atomic E-state index is -3.52. The van der Waals surface area contributed by atoms with Gasteiger partial charge in [0.15, 0.2) is 0 Å². The highest BCUT2D eigenvalue weighted by atomic mass is 32.2. The molecule has 0 amide bonds. The van der Waals surface area contributed by atoms with Gasteiger partial charge in [-0.25, -0.2) is 12.7 Å². The van der Waals surface area contributed by atoms with Crippen molar-refractivity contribution in [1.29, 1.82) is 0 Å². The summed E-state index contributed by atoms with van der Waals surface area (Å²) in [6, 6.07) is 5.08. The van der Waals surface area contributed by atoms with Crippen molar-refractivity contribution in [2.24, 2.45) is 5.92 Å². The van der Waals surface area contributed by atoms with Gasteiger partial charge in [-0.3, -0.25) is 0 Å². The summed E-state index contributed by atoms with van der Waals surface area (Å²) in [7, 11) is 1.60. The van der Waals surface area contributed by atoms with Crippen molar-refractivity contribution in [1.82, 2.24) is 9.21 Å². The lowest BCUT2D eigenvalue weighted by Gasteiger charge is -2.18. The Bertz CT molecular complexity index is 601. The number of hydrogen-bond acceptors (Lipinski definition) is 5. The molecule has 1 aromatic carbocycles. The highest BCUT2D eigenvalue weighted by Crippen LogP contribution is 2.28. The summed E-state index contributed by atoms with van der Waals surface area (Å²) in [6.45, 7) is 2.97. The third-order valence-corrected chi connectivity index (χ3v) is 5.77. The second-order valence-corrected chi connectivity index (χ2v) is 7.92. The van der Waals surface area contributed by atoms with Gasteiger partial charge in [-0.1, -0.05) is 6.07 Å². The summed E-state index contributed by atoms with van der Waals surface area (Å²) in [4.78, 5) is 2.45. The maximum Gasteiger partial charge on any atom is 0.244 e. The monoisotopic (exact) mass is 312 g/mol. The molecule has 1 aliphatic rings. The molecule has 0 bridgehead atoms. The number of likely N-dealkylation sites (tertiary alicyclic amines) is 1. The average molecular weight is 312 g/mol. The van der Waals surface area contributed by atoms with Gasteiger partial charge >= 0.3 is 0 Å². The molecule has 0 radical (unpaired) electrons. The molecule has 6 nitrogen and oxygen atoms in total. The van der Waals surface area contributed by atoms with E-state index in [0.29, 0.717) is 11.6 Å². The van der Waals surface area contributed by atoms with Crippen LogP contribution < -0.4 is 11.1 Å². The van der Waals surface area contributed by atoms with E-state index in [2.05, 4.69) is 17.3 Å². The number of para-hydroxylation sites is 1. The molecule has 1 saturated heterocycles. The second kappa shape index (κ2) is 6.21. The molecule has 1 heterocycles. The summed E-state index contributed by atoms with van der Waals surface area (Å²) in [5.41, 5.74) is 7.02. The van der Waals surface area contributed by atoms with Crippen LogP contribution in [0, 0.1) is 5.92 Å². The van der Waals surface area contributed by atoms with E-state index in [9.17, 15) is 8.42 Å². The molecule has 1 aromatic rings. The molecular formula is C14H24N4O2S. The third kappa shape index (κ3) is 3.48. The molecule has 118 valence electrons. The third-order valence-electron chi connectivity index (χ3n) is 3.89. The van der Waals surface area contributed by atoms with Crippen molar-refractivity contribution < 1.29 is 8.42 Å². The van der Waals surface area contributed by atoms with Gasteiger partial charge in [0, 0.05) is 27.2 Å². The first-order valence-electron chi connectivity index (χ1n) is 7.06. The number of benzene rings is 1. The number of sulfonamides is 1. The minimum absolute atomic E-state index is 0.154. The minimum Gasteiger partial charge on any atom is -0.396 e. The molecule has 2 rings (SSSR count). The summed E-state index contributed by atoms with van der Waals surface area (Å²) in [5, 5.41) is 3.29. The molecule has 1 atom stereocenters. The fraction of sp³-hybridized carbons (Fsp3) is 0.571. The van der Waals surface area contributed by atoms with Crippen molar-refractivity contribution in [3.05, 3.63) is 18.2 Å². The predicted octanol–water partition coefficient (Wildman–Crippen LogP) is 0.883. The maximum absolute atomic E-state index is 12.2. The lowest BCUT2D eigenvalue weighted by molar-refractivity contribution is 0.399. The SMILES string of the molecule is CN1CCC(CNc2cccc(S(=O)(=O)N(C)C)c2N)C1. The van der Waals surface area contributed by atoms with Crippen LogP contribution in [0.5, 0.6) is 0 Å². The van der Waals surface area contributed by atoms with Gasteiger partial charge in [-0.05, 0) is 38.1 Å². The Balaban J connectivity index is 2.15. The quantitative estimate of drug-likeness (QED) is 0.789. The zero-order chi connectivity index (χ0) is 15.6. The Morgan fingerprint density at radius 1 is 1.43 bits per heavy atom. The highest BCUT2D eigenvalue weighted by Gasteiger charge is 2.23. The summed E-state index contributed by atoms with van der Waals surface area (Å²) in [5.74, 6) is 0.573. The zero-order valence-electron chi connectivity index (χ0n) is 12.8. The van der Waals surface area contributed by atoms with E-state index in [1.165, 1.54) is 18.4 Å². The Hall–Kier alpha value is -1.31. The van der Waals surface area contributed by atoms with E-state index >= 15 is 0 Å². The molecule has 1 unspecified atom stereocenters. The van der Waals surface area contributed by atoms with E-state index in [1.54, 1.807) is 12.1 Å². The molecular weight excluding hydrogens is 288 g/mol. The Kier molecular flexibility index (Phi) is 4.75. The molecule has 1 aliphatic heterocycles. The number of anilines is 2. The average Bonchev–Trinajstić information content (AvgIpc) is 2.83. The van der Waals surface area contributed by atoms with Gasteiger partial charge in [0.1, 0.15) is 4.90 Å². The van der Waals surface area contributed by atoms with Gasteiger partial charge in [0.25, 0.3) is 0 Å². The van der Waals surface area contributed by atoms with Crippen LogP contribution in [0.4, 0.5) is 11.4 Å². The summed E-state index contributed by atoms with van der Waals surface area (Å²) in [6.07, 6.45) is 1.15. The molecule has 0 aromatic heterocycles. The summed E-state index contributed by atoms with van der Waals surface area (Å²) < 4.78 is 25.6. The van der Waals surface area contributed by atoms with Crippen molar-refractivity contribution in [2.45, 2.75) is 11.3 Å². The van der Waals surface area contributed by atoms with Gasteiger partial charge in [0.2, 0.25) is 10.0 Å². The van der Waals surface area contributed by atoms with Crippen LogP contribution in [0.3, 0.4) is 0 Å². The Labute approximate surface area is 127 Å².